The molecular weight excluding hydrogens is 356 g/mol. The Kier molecular flexibility index (Phi) is 6.46. The van der Waals surface area contributed by atoms with Gasteiger partial charge in [0.1, 0.15) is 17.2 Å². The second-order valence-corrected chi connectivity index (χ2v) is 6.19. The van der Waals surface area contributed by atoms with Gasteiger partial charge in [-0.2, -0.15) is 0 Å². The van der Waals surface area contributed by atoms with Crippen molar-refractivity contribution < 1.29 is 19.4 Å². The lowest BCUT2D eigenvalue weighted by Gasteiger charge is -2.08. The molecule has 1 amide bonds. The number of phenols is 1. The highest BCUT2D eigenvalue weighted by Crippen LogP contribution is 2.23. The molecule has 1 aromatic heterocycles. The molecule has 0 atom stereocenters. The van der Waals surface area contributed by atoms with E-state index in [0.29, 0.717) is 36.8 Å². The number of aromatic hydroxyl groups is 1. The molecule has 2 aromatic carbocycles. The average Bonchev–Trinajstić information content (AvgIpc) is 2.73. The molecule has 6 nitrogen and oxygen atoms in total. The van der Waals surface area contributed by atoms with E-state index in [9.17, 15) is 9.90 Å². The van der Waals surface area contributed by atoms with Gasteiger partial charge in [-0.15, -0.1) is 0 Å². The highest BCUT2D eigenvalue weighted by molar-refractivity contribution is 5.76. The smallest absolute Gasteiger partial charge is 0.220 e. The molecule has 1 heterocycles. The molecule has 0 spiro atoms. The van der Waals surface area contributed by atoms with Crippen LogP contribution in [0.25, 0.3) is 0 Å². The van der Waals surface area contributed by atoms with Crippen LogP contribution in [-0.2, 0) is 17.8 Å². The number of aromatic nitrogens is 1. The summed E-state index contributed by atoms with van der Waals surface area (Å²) in [6.45, 7) is 0.381. The number of phenolic OH excluding ortho intramolecular Hbond substituents is 1. The predicted octanol–water partition coefficient (Wildman–Crippen LogP) is 3.84. The van der Waals surface area contributed by atoms with Gasteiger partial charge in [0.25, 0.3) is 0 Å². The van der Waals surface area contributed by atoms with Crippen molar-refractivity contribution in [3.8, 4) is 23.1 Å². The van der Waals surface area contributed by atoms with Gasteiger partial charge in [-0.1, -0.05) is 30.3 Å². The predicted molar refractivity (Wildman–Crippen MR) is 106 cm³/mol. The first-order valence-electron chi connectivity index (χ1n) is 8.94. The summed E-state index contributed by atoms with van der Waals surface area (Å²) in [4.78, 5) is 16.3. The first kappa shape index (κ1) is 19.2. The summed E-state index contributed by atoms with van der Waals surface area (Å²) in [5.41, 5.74) is 1.63. The van der Waals surface area contributed by atoms with Crippen LogP contribution in [0.4, 0.5) is 0 Å². The number of benzene rings is 2. The summed E-state index contributed by atoms with van der Waals surface area (Å²) in [5, 5.41) is 12.6. The number of nitrogens with zero attached hydrogens (tertiary/aromatic N) is 1. The van der Waals surface area contributed by atoms with Crippen LogP contribution in [0.5, 0.6) is 23.1 Å². The molecule has 0 radical (unpaired) electrons. The molecule has 0 bridgehead atoms. The van der Waals surface area contributed by atoms with E-state index in [1.54, 1.807) is 37.6 Å². The molecule has 144 valence electrons. The van der Waals surface area contributed by atoms with E-state index in [1.807, 2.05) is 36.4 Å². The topological polar surface area (TPSA) is 80.7 Å². The van der Waals surface area contributed by atoms with E-state index in [4.69, 9.17) is 9.47 Å². The van der Waals surface area contributed by atoms with Crippen molar-refractivity contribution in [2.45, 2.75) is 19.4 Å². The van der Waals surface area contributed by atoms with Gasteiger partial charge in [0, 0.05) is 31.3 Å². The summed E-state index contributed by atoms with van der Waals surface area (Å²) in [6.07, 6.45) is 2.46. The molecular formula is C22H22N2O4. The second kappa shape index (κ2) is 9.41. The van der Waals surface area contributed by atoms with Crippen molar-refractivity contribution in [1.29, 1.82) is 0 Å². The Morgan fingerprint density at radius 1 is 1.07 bits per heavy atom. The minimum absolute atomic E-state index is 0.0834. The molecule has 0 saturated heterocycles. The van der Waals surface area contributed by atoms with E-state index in [0.717, 1.165) is 11.1 Å². The Bertz CT molecular complexity index is 926. The molecule has 0 unspecified atom stereocenters. The van der Waals surface area contributed by atoms with Crippen LogP contribution < -0.4 is 14.8 Å². The summed E-state index contributed by atoms with van der Waals surface area (Å²) in [5.74, 6) is 1.94. The van der Waals surface area contributed by atoms with Gasteiger partial charge in [-0.3, -0.25) is 4.79 Å². The zero-order valence-electron chi connectivity index (χ0n) is 15.6. The molecule has 3 aromatic rings. The number of carbonyl (C=O) groups is 1. The van der Waals surface area contributed by atoms with E-state index < -0.39 is 0 Å². The number of pyridine rings is 1. The van der Waals surface area contributed by atoms with Gasteiger partial charge < -0.3 is 19.9 Å². The summed E-state index contributed by atoms with van der Waals surface area (Å²) in [6, 6.07) is 17.9. The third-order valence-corrected chi connectivity index (χ3v) is 4.16. The SMILES string of the molecule is COc1cccc(Oc2ccc(CNC(=O)CCc3ccccc3O)cn2)c1. The molecule has 0 aliphatic rings. The molecule has 0 fully saturated rings. The van der Waals surface area contributed by atoms with Crippen molar-refractivity contribution in [2.24, 2.45) is 0 Å². The third-order valence-electron chi connectivity index (χ3n) is 4.16. The minimum atomic E-state index is -0.0834. The highest BCUT2D eigenvalue weighted by Gasteiger charge is 2.06. The largest absolute Gasteiger partial charge is 0.508 e. The summed E-state index contributed by atoms with van der Waals surface area (Å²) >= 11 is 0. The van der Waals surface area contributed by atoms with Crippen molar-refractivity contribution in [3.05, 3.63) is 78.0 Å². The number of hydrogen-bond acceptors (Lipinski definition) is 5. The molecule has 0 aliphatic carbocycles. The lowest BCUT2D eigenvalue weighted by molar-refractivity contribution is -0.121. The van der Waals surface area contributed by atoms with Crippen LogP contribution in [0, 0.1) is 0 Å². The maximum atomic E-state index is 12.0. The Hall–Kier alpha value is -3.54. The number of rotatable bonds is 8. The Balaban J connectivity index is 1.47. The van der Waals surface area contributed by atoms with Crippen LogP contribution >= 0.6 is 0 Å². The van der Waals surface area contributed by atoms with Gasteiger partial charge >= 0.3 is 0 Å². The van der Waals surface area contributed by atoms with Crippen LogP contribution in [0.2, 0.25) is 0 Å². The monoisotopic (exact) mass is 378 g/mol. The lowest BCUT2D eigenvalue weighted by atomic mass is 10.1. The van der Waals surface area contributed by atoms with Gasteiger partial charge in [0.15, 0.2) is 0 Å². The molecule has 28 heavy (non-hydrogen) atoms. The van der Waals surface area contributed by atoms with Gasteiger partial charge in [0.05, 0.1) is 7.11 Å². The van der Waals surface area contributed by atoms with Crippen molar-refractivity contribution in [1.82, 2.24) is 10.3 Å². The van der Waals surface area contributed by atoms with Gasteiger partial charge in [-0.05, 0) is 35.7 Å². The Morgan fingerprint density at radius 2 is 1.89 bits per heavy atom. The number of carbonyl (C=O) groups excluding carboxylic acids is 1. The highest BCUT2D eigenvalue weighted by atomic mass is 16.5. The van der Waals surface area contributed by atoms with E-state index in [2.05, 4.69) is 10.3 Å². The number of aryl methyl sites for hydroxylation is 1. The Morgan fingerprint density at radius 3 is 2.64 bits per heavy atom. The van der Waals surface area contributed by atoms with Crippen molar-refractivity contribution in [2.75, 3.05) is 7.11 Å². The van der Waals surface area contributed by atoms with Gasteiger partial charge in [-0.25, -0.2) is 4.98 Å². The number of ether oxygens (including phenoxy) is 2. The van der Waals surface area contributed by atoms with Crippen molar-refractivity contribution in [3.63, 3.8) is 0 Å². The minimum Gasteiger partial charge on any atom is -0.508 e. The first-order chi connectivity index (χ1) is 13.6. The zero-order chi connectivity index (χ0) is 19.8. The fraction of sp³-hybridized carbons (Fsp3) is 0.182. The Labute approximate surface area is 163 Å². The maximum Gasteiger partial charge on any atom is 0.220 e. The number of amides is 1. The standard InChI is InChI=1S/C22H22N2O4/c1-27-18-6-4-7-19(13-18)28-22-12-9-16(15-24-22)14-23-21(26)11-10-17-5-2-3-8-20(17)25/h2-9,12-13,15,25H,10-11,14H2,1H3,(H,23,26). The molecule has 3 rings (SSSR count). The lowest BCUT2D eigenvalue weighted by Crippen LogP contribution is -2.23. The van der Waals surface area contributed by atoms with Crippen LogP contribution in [0.15, 0.2) is 66.9 Å². The normalized spacial score (nSPS) is 10.3. The summed E-state index contributed by atoms with van der Waals surface area (Å²) in [7, 11) is 1.60. The van der Waals surface area contributed by atoms with Gasteiger partial charge in [0.2, 0.25) is 11.8 Å². The van der Waals surface area contributed by atoms with E-state index in [-0.39, 0.29) is 11.7 Å². The molecule has 0 saturated carbocycles. The fourth-order valence-electron chi connectivity index (χ4n) is 2.62. The number of methoxy groups -OCH3 is 1. The maximum absolute atomic E-state index is 12.0. The quantitative estimate of drug-likeness (QED) is 0.623. The summed E-state index contributed by atoms with van der Waals surface area (Å²) < 4.78 is 10.9. The molecule has 2 N–H and O–H groups in total. The van der Waals surface area contributed by atoms with Crippen molar-refractivity contribution >= 4 is 5.91 Å². The number of para-hydroxylation sites is 1. The molecule has 6 heteroatoms. The van der Waals surface area contributed by atoms with E-state index in [1.165, 1.54) is 0 Å². The molecule has 0 aliphatic heterocycles. The number of hydrogen-bond donors (Lipinski definition) is 2. The van der Waals surface area contributed by atoms with Crippen LogP contribution in [0.3, 0.4) is 0 Å². The first-order valence-corrected chi connectivity index (χ1v) is 8.94. The number of nitrogens with one attached hydrogen (secondary N) is 1. The fourth-order valence-corrected chi connectivity index (χ4v) is 2.62. The van der Waals surface area contributed by atoms with Crippen LogP contribution in [-0.4, -0.2) is 23.1 Å². The van der Waals surface area contributed by atoms with Crippen LogP contribution in [0.1, 0.15) is 17.5 Å². The average molecular weight is 378 g/mol. The zero-order valence-corrected chi connectivity index (χ0v) is 15.6. The third kappa shape index (κ3) is 5.48. The second-order valence-electron chi connectivity index (χ2n) is 6.19. The van der Waals surface area contributed by atoms with E-state index >= 15 is 0 Å².